The Morgan fingerprint density at radius 1 is 0.833 bits per heavy atom. The maximum absolute atomic E-state index is 13.2. The molecule has 2 amide bonds. The molecule has 0 unspecified atom stereocenters. The fraction of sp³-hybridized carbons (Fsp3) is 0.231. The first-order valence-electron chi connectivity index (χ1n) is 11.4. The first kappa shape index (κ1) is 23.5. The number of aryl methyl sites for hydroxylation is 1. The van der Waals surface area contributed by atoms with Gasteiger partial charge < -0.3 is 9.80 Å². The second-order valence-corrected chi connectivity index (χ2v) is 8.56. The zero-order valence-corrected chi connectivity index (χ0v) is 19.4. The van der Waals surface area contributed by atoms with E-state index < -0.39 is 17.6 Å². The van der Waals surface area contributed by atoms with Crippen molar-refractivity contribution in [3.8, 4) is 5.69 Å². The molecule has 0 spiro atoms. The highest BCUT2D eigenvalue weighted by Crippen LogP contribution is 2.30. The van der Waals surface area contributed by atoms with Crippen LogP contribution in [-0.2, 0) is 6.18 Å². The molecular formula is C26H22F3N5O2. The maximum Gasteiger partial charge on any atom is 0.416 e. The molecule has 1 aliphatic heterocycles. The number of piperazine rings is 1. The van der Waals surface area contributed by atoms with Gasteiger partial charge in [-0.05, 0) is 49.4 Å². The van der Waals surface area contributed by atoms with Gasteiger partial charge in [-0.3, -0.25) is 9.59 Å². The zero-order valence-electron chi connectivity index (χ0n) is 19.4. The smallest absolute Gasteiger partial charge is 0.335 e. The van der Waals surface area contributed by atoms with Crippen LogP contribution in [0.1, 0.15) is 32.1 Å². The predicted molar refractivity (Wildman–Crippen MR) is 127 cm³/mol. The van der Waals surface area contributed by atoms with Crippen LogP contribution in [0.4, 0.5) is 13.2 Å². The number of benzene rings is 2. The number of halogens is 3. The highest BCUT2D eigenvalue weighted by atomic mass is 19.4. The molecule has 1 saturated heterocycles. The van der Waals surface area contributed by atoms with Crippen molar-refractivity contribution in [2.45, 2.75) is 13.1 Å². The second-order valence-electron chi connectivity index (χ2n) is 8.56. The van der Waals surface area contributed by atoms with Crippen molar-refractivity contribution in [1.82, 2.24) is 24.6 Å². The number of hydrogen-bond donors (Lipinski definition) is 0. The van der Waals surface area contributed by atoms with E-state index in [-0.39, 0.29) is 43.3 Å². The third kappa shape index (κ3) is 4.41. The molecule has 5 rings (SSSR count). The molecule has 0 N–H and O–H groups in total. The topological polar surface area (TPSA) is 71.3 Å². The van der Waals surface area contributed by atoms with E-state index in [1.807, 2.05) is 43.3 Å². The summed E-state index contributed by atoms with van der Waals surface area (Å²) < 4.78 is 40.7. The quantitative estimate of drug-likeness (QED) is 0.426. The lowest BCUT2D eigenvalue weighted by molar-refractivity contribution is -0.137. The van der Waals surface area contributed by atoms with Gasteiger partial charge in [-0.1, -0.05) is 24.3 Å². The molecule has 0 atom stereocenters. The lowest BCUT2D eigenvalue weighted by Crippen LogP contribution is -2.50. The summed E-state index contributed by atoms with van der Waals surface area (Å²) in [6, 6.07) is 17.4. The van der Waals surface area contributed by atoms with Crippen LogP contribution in [0.15, 0.2) is 66.7 Å². The lowest BCUT2D eigenvalue weighted by atomic mass is 10.1. The van der Waals surface area contributed by atoms with Crippen molar-refractivity contribution >= 4 is 22.8 Å². The molecule has 7 nitrogen and oxygen atoms in total. The number of alkyl halides is 3. The molecule has 0 radical (unpaired) electrons. The van der Waals surface area contributed by atoms with Gasteiger partial charge in [0.1, 0.15) is 5.69 Å². The molecule has 0 saturated carbocycles. The Kier molecular flexibility index (Phi) is 5.95. The minimum atomic E-state index is -4.52. The van der Waals surface area contributed by atoms with E-state index in [9.17, 15) is 22.8 Å². The van der Waals surface area contributed by atoms with Gasteiger partial charge in [0, 0.05) is 37.1 Å². The van der Waals surface area contributed by atoms with E-state index in [2.05, 4.69) is 10.1 Å². The zero-order chi connectivity index (χ0) is 25.4. The SMILES string of the molecule is Cc1nn(-c2ccccc2)c2nc(C(=O)N3CCN(C(=O)c4cccc(C(F)(F)F)c4)CC3)ccc12. The highest BCUT2D eigenvalue weighted by molar-refractivity contribution is 5.96. The van der Waals surface area contributed by atoms with Crippen LogP contribution >= 0.6 is 0 Å². The van der Waals surface area contributed by atoms with Gasteiger partial charge in [-0.25, -0.2) is 9.67 Å². The molecule has 0 bridgehead atoms. The van der Waals surface area contributed by atoms with Gasteiger partial charge in [-0.2, -0.15) is 18.3 Å². The van der Waals surface area contributed by atoms with Gasteiger partial charge in [0.05, 0.1) is 16.9 Å². The lowest BCUT2D eigenvalue weighted by Gasteiger charge is -2.34. The Morgan fingerprint density at radius 3 is 2.17 bits per heavy atom. The van der Waals surface area contributed by atoms with Crippen LogP contribution in [0, 0.1) is 6.92 Å². The van der Waals surface area contributed by atoms with Crippen LogP contribution < -0.4 is 0 Å². The molecular weight excluding hydrogens is 471 g/mol. The Morgan fingerprint density at radius 2 is 1.50 bits per heavy atom. The van der Waals surface area contributed by atoms with Crippen molar-refractivity contribution in [3.05, 3.63) is 89.2 Å². The molecule has 2 aromatic heterocycles. The average Bonchev–Trinajstić information content (AvgIpc) is 3.23. The average molecular weight is 493 g/mol. The summed E-state index contributed by atoms with van der Waals surface area (Å²) in [4.78, 5) is 33.6. The van der Waals surface area contributed by atoms with E-state index in [4.69, 9.17) is 0 Å². The Labute approximate surface area is 204 Å². The largest absolute Gasteiger partial charge is 0.416 e. The normalized spacial score (nSPS) is 14.3. The van der Waals surface area contributed by atoms with E-state index in [0.717, 1.165) is 28.9 Å². The maximum atomic E-state index is 13.2. The molecule has 10 heteroatoms. The second kappa shape index (κ2) is 9.10. The third-order valence-corrected chi connectivity index (χ3v) is 6.23. The summed E-state index contributed by atoms with van der Waals surface area (Å²) in [6.45, 7) is 2.81. The van der Waals surface area contributed by atoms with Crippen molar-refractivity contribution in [2.24, 2.45) is 0 Å². The molecule has 36 heavy (non-hydrogen) atoms. The van der Waals surface area contributed by atoms with E-state index in [1.54, 1.807) is 15.6 Å². The minimum Gasteiger partial charge on any atom is -0.335 e. The van der Waals surface area contributed by atoms with Gasteiger partial charge >= 0.3 is 6.18 Å². The highest BCUT2D eigenvalue weighted by Gasteiger charge is 2.32. The summed E-state index contributed by atoms with van der Waals surface area (Å²) in [7, 11) is 0. The van der Waals surface area contributed by atoms with Crippen LogP contribution in [0.2, 0.25) is 0 Å². The number of fused-ring (bicyclic) bond motifs is 1. The standard InChI is InChI=1S/C26H22F3N5O2/c1-17-21-10-11-22(30-23(21)34(31-17)20-8-3-2-4-9-20)25(36)33-14-12-32(13-15-33)24(35)18-6-5-7-19(16-18)26(27,28)29/h2-11,16H,12-15H2,1H3. The number of pyridine rings is 1. The van der Waals surface area contributed by atoms with Gasteiger partial charge in [-0.15, -0.1) is 0 Å². The summed E-state index contributed by atoms with van der Waals surface area (Å²) in [6.07, 6.45) is -4.52. The number of carbonyl (C=O) groups excluding carboxylic acids is 2. The van der Waals surface area contributed by atoms with Crippen LogP contribution in [-0.4, -0.2) is 62.6 Å². The fourth-order valence-corrected chi connectivity index (χ4v) is 4.30. The number of amides is 2. The van der Waals surface area contributed by atoms with E-state index in [0.29, 0.717) is 5.65 Å². The van der Waals surface area contributed by atoms with Crippen molar-refractivity contribution in [3.63, 3.8) is 0 Å². The first-order valence-corrected chi connectivity index (χ1v) is 11.4. The monoisotopic (exact) mass is 493 g/mol. The summed E-state index contributed by atoms with van der Waals surface area (Å²) in [5.41, 5.74) is 1.56. The van der Waals surface area contributed by atoms with Gasteiger partial charge in [0.2, 0.25) is 0 Å². The molecule has 3 heterocycles. The predicted octanol–water partition coefficient (Wildman–Crippen LogP) is 4.35. The molecule has 1 aliphatic rings. The van der Waals surface area contributed by atoms with E-state index >= 15 is 0 Å². The number of rotatable bonds is 3. The van der Waals surface area contributed by atoms with Gasteiger partial charge in [0.15, 0.2) is 5.65 Å². The van der Waals surface area contributed by atoms with Gasteiger partial charge in [0.25, 0.3) is 11.8 Å². The molecule has 1 fully saturated rings. The third-order valence-electron chi connectivity index (χ3n) is 6.23. The number of nitrogens with zero attached hydrogens (tertiary/aromatic N) is 5. The van der Waals surface area contributed by atoms with Crippen LogP contribution in [0.3, 0.4) is 0 Å². The first-order chi connectivity index (χ1) is 17.2. The number of aromatic nitrogens is 3. The van der Waals surface area contributed by atoms with Crippen molar-refractivity contribution in [2.75, 3.05) is 26.2 Å². The number of carbonyl (C=O) groups is 2. The fourth-order valence-electron chi connectivity index (χ4n) is 4.30. The Bertz CT molecular complexity index is 1440. The Balaban J connectivity index is 1.31. The summed E-state index contributed by atoms with van der Waals surface area (Å²) >= 11 is 0. The molecule has 0 aliphatic carbocycles. The van der Waals surface area contributed by atoms with E-state index in [1.165, 1.54) is 17.0 Å². The summed E-state index contributed by atoms with van der Waals surface area (Å²) in [5.74, 6) is -0.767. The van der Waals surface area contributed by atoms with Crippen molar-refractivity contribution in [1.29, 1.82) is 0 Å². The minimum absolute atomic E-state index is 0.0266. The van der Waals surface area contributed by atoms with Crippen molar-refractivity contribution < 1.29 is 22.8 Å². The number of hydrogen-bond acceptors (Lipinski definition) is 4. The Hall–Kier alpha value is -4.21. The number of para-hydroxylation sites is 1. The summed E-state index contributed by atoms with van der Waals surface area (Å²) in [5, 5.41) is 5.41. The molecule has 4 aromatic rings. The van der Waals surface area contributed by atoms with Crippen LogP contribution in [0.5, 0.6) is 0 Å². The molecule has 184 valence electrons. The van der Waals surface area contributed by atoms with Crippen LogP contribution in [0.25, 0.3) is 16.7 Å². The molecule has 2 aromatic carbocycles.